The molecule has 2 aromatic carbocycles. The van der Waals surface area contributed by atoms with Gasteiger partial charge < -0.3 is 10.6 Å². The first kappa shape index (κ1) is 15.0. The Hall–Kier alpha value is -2.88. The normalized spacial score (nSPS) is 13.8. The molecule has 0 unspecified atom stereocenters. The SMILES string of the molecule is CC1=C(NCCNc2ccccc2)C(=O)c2ccccc2C1=O. The summed E-state index contributed by atoms with van der Waals surface area (Å²) in [6.07, 6.45) is 0. The minimum absolute atomic E-state index is 0.0845. The van der Waals surface area contributed by atoms with Crippen molar-refractivity contribution in [1.29, 1.82) is 0 Å². The third-order valence-electron chi connectivity index (χ3n) is 3.89. The van der Waals surface area contributed by atoms with E-state index in [-0.39, 0.29) is 11.6 Å². The van der Waals surface area contributed by atoms with Crippen molar-refractivity contribution in [1.82, 2.24) is 5.32 Å². The Labute approximate surface area is 135 Å². The Balaban J connectivity index is 1.67. The Morgan fingerprint density at radius 1 is 0.739 bits per heavy atom. The number of nitrogens with one attached hydrogen (secondary N) is 2. The standard InChI is InChI=1S/C19H18N2O2/c1-13-17(21-12-11-20-14-7-3-2-4-8-14)19(23)16-10-6-5-9-15(16)18(13)22/h2-10,20-21H,11-12H2,1H3. The van der Waals surface area contributed by atoms with Gasteiger partial charge in [-0.05, 0) is 19.1 Å². The van der Waals surface area contributed by atoms with Gasteiger partial charge in [0, 0.05) is 35.5 Å². The summed E-state index contributed by atoms with van der Waals surface area (Å²) in [5.41, 5.74) is 2.87. The number of hydrogen-bond acceptors (Lipinski definition) is 4. The number of Topliss-reactive ketones (excluding diaryl/α,β-unsaturated/α-hetero) is 2. The average Bonchev–Trinajstić information content (AvgIpc) is 2.60. The fourth-order valence-electron chi connectivity index (χ4n) is 2.66. The number of anilines is 1. The van der Waals surface area contributed by atoms with E-state index in [4.69, 9.17) is 0 Å². The van der Waals surface area contributed by atoms with Crippen LogP contribution in [0.5, 0.6) is 0 Å². The van der Waals surface area contributed by atoms with Crippen molar-refractivity contribution in [3.8, 4) is 0 Å². The predicted molar refractivity (Wildman–Crippen MR) is 90.7 cm³/mol. The summed E-state index contributed by atoms with van der Waals surface area (Å²) in [5.74, 6) is -0.198. The van der Waals surface area contributed by atoms with Gasteiger partial charge in [-0.25, -0.2) is 0 Å². The summed E-state index contributed by atoms with van der Waals surface area (Å²) in [6.45, 7) is 2.91. The minimum atomic E-state index is -0.114. The average molecular weight is 306 g/mol. The van der Waals surface area contributed by atoms with E-state index in [9.17, 15) is 9.59 Å². The number of para-hydroxylation sites is 1. The third kappa shape index (κ3) is 3.01. The lowest BCUT2D eigenvalue weighted by Gasteiger charge is -2.20. The van der Waals surface area contributed by atoms with Gasteiger partial charge >= 0.3 is 0 Å². The molecule has 116 valence electrons. The van der Waals surface area contributed by atoms with Gasteiger partial charge in [-0.2, -0.15) is 0 Å². The molecule has 3 rings (SSSR count). The van der Waals surface area contributed by atoms with Crippen molar-refractivity contribution in [3.63, 3.8) is 0 Å². The van der Waals surface area contributed by atoms with Crippen molar-refractivity contribution < 1.29 is 9.59 Å². The van der Waals surface area contributed by atoms with E-state index in [0.29, 0.717) is 35.5 Å². The summed E-state index contributed by atoms with van der Waals surface area (Å²) in [6, 6.07) is 16.8. The molecule has 0 heterocycles. The lowest BCUT2D eigenvalue weighted by molar-refractivity contribution is 0.0969. The predicted octanol–water partition coefficient (Wildman–Crippen LogP) is 3.04. The highest BCUT2D eigenvalue weighted by atomic mass is 16.1. The lowest BCUT2D eigenvalue weighted by Crippen LogP contribution is -2.32. The summed E-state index contributed by atoms with van der Waals surface area (Å²) >= 11 is 0. The van der Waals surface area contributed by atoms with Crippen LogP contribution in [0.1, 0.15) is 27.6 Å². The van der Waals surface area contributed by atoms with E-state index in [0.717, 1.165) is 5.69 Å². The van der Waals surface area contributed by atoms with Crippen LogP contribution in [0, 0.1) is 0 Å². The number of fused-ring (bicyclic) bond motifs is 1. The number of allylic oxidation sites excluding steroid dienone is 2. The molecule has 0 fully saturated rings. The van der Waals surface area contributed by atoms with Gasteiger partial charge in [0.1, 0.15) is 0 Å². The zero-order valence-electron chi connectivity index (χ0n) is 12.9. The molecule has 4 heteroatoms. The molecule has 0 atom stereocenters. The van der Waals surface area contributed by atoms with E-state index in [1.165, 1.54) is 0 Å². The van der Waals surface area contributed by atoms with Crippen LogP contribution in [-0.4, -0.2) is 24.7 Å². The maximum atomic E-state index is 12.5. The molecule has 0 bridgehead atoms. The van der Waals surface area contributed by atoms with Crippen LogP contribution in [-0.2, 0) is 0 Å². The highest BCUT2D eigenvalue weighted by Gasteiger charge is 2.29. The van der Waals surface area contributed by atoms with Gasteiger partial charge in [0.25, 0.3) is 0 Å². The lowest BCUT2D eigenvalue weighted by atomic mass is 9.88. The van der Waals surface area contributed by atoms with Gasteiger partial charge in [0.2, 0.25) is 5.78 Å². The maximum Gasteiger partial charge on any atom is 0.209 e. The van der Waals surface area contributed by atoms with Crippen LogP contribution in [0.15, 0.2) is 65.9 Å². The molecular formula is C19H18N2O2. The van der Waals surface area contributed by atoms with Crippen molar-refractivity contribution in [2.24, 2.45) is 0 Å². The van der Waals surface area contributed by atoms with Gasteiger partial charge in [0.15, 0.2) is 5.78 Å². The first-order valence-electron chi connectivity index (χ1n) is 7.60. The number of ketones is 2. The monoisotopic (exact) mass is 306 g/mol. The van der Waals surface area contributed by atoms with Crippen LogP contribution in [0.4, 0.5) is 5.69 Å². The highest BCUT2D eigenvalue weighted by molar-refractivity contribution is 6.26. The van der Waals surface area contributed by atoms with Crippen LogP contribution >= 0.6 is 0 Å². The summed E-state index contributed by atoms with van der Waals surface area (Å²) in [4.78, 5) is 24.9. The minimum Gasteiger partial charge on any atom is -0.383 e. The van der Waals surface area contributed by atoms with E-state index in [1.807, 2.05) is 30.3 Å². The molecule has 0 radical (unpaired) electrons. The maximum absolute atomic E-state index is 12.5. The second-order valence-electron chi connectivity index (χ2n) is 5.42. The van der Waals surface area contributed by atoms with E-state index < -0.39 is 0 Å². The van der Waals surface area contributed by atoms with Crippen LogP contribution in [0.25, 0.3) is 0 Å². The Morgan fingerprint density at radius 3 is 2.00 bits per heavy atom. The molecule has 0 spiro atoms. The van der Waals surface area contributed by atoms with Crippen LogP contribution < -0.4 is 10.6 Å². The Morgan fingerprint density at radius 2 is 1.30 bits per heavy atom. The zero-order chi connectivity index (χ0) is 16.2. The van der Waals surface area contributed by atoms with Gasteiger partial charge in [0.05, 0.1) is 5.70 Å². The first-order chi connectivity index (χ1) is 11.2. The molecule has 23 heavy (non-hydrogen) atoms. The second kappa shape index (κ2) is 6.48. The molecule has 4 nitrogen and oxygen atoms in total. The number of carbonyl (C=O) groups is 2. The summed E-state index contributed by atoms with van der Waals surface area (Å²) in [5, 5.41) is 6.37. The van der Waals surface area contributed by atoms with Crippen molar-refractivity contribution >= 4 is 17.3 Å². The first-order valence-corrected chi connectivity index (χ1v) is 7.60. The van der Waals surface area contributed by atoms with Gasteiger partial charge in [-0.1, -0.05) is 42.5 Å². The van der Waals surface area contributed by atoms with E-state index in [1.54, 1.807) is 31.2 Å². The number of rotatable bonds is 5. The molecule has 1 aliphatic rings. The summed E-state index contributed by atoms with van der Waals surface area (Å²) < 4.78 is 0. The zero-order valence-corrected chi connectivity index (χ0v) is 12.9. The number of hydrogen-bond donors (Lipinski definition) is 2. The van der Waals surface area contributed by atoms with Crippen molar-refractivity contribution in [2.45, 2.75) is 6.92 Å². The Kier molecular flexibility index (Phi) is 4.24. The molecule has 0 saturated carbocycles. The largest absolute Gasteiger partial charge is 0.383 e. The van der Waals surface area contributed by atoms with E-state index in [2.05, 4.69) is 10.6 Å². The Bertz CT molecular complexity index is 779. The second-order valence-corrected chi connectivity index (χ2v) is 5.42. The molecular weight excluding hydrogens is 288 g/mol. The fraction of sp³-hybridized carbons (Fsp3) is 0.158. The topological polar surface area (TPSA) is 58.2 Å². The number of benzene rings is 2. The molecule has 0 saturated heterocycles. The van der Waals surface area contributed by atoms with E-state index >= 15 is 0 Å². The summed E-state index contributed by atoms with van der Waals surface area (Å²) in [7, 11) is 0. The third-order valence-corrected chi connectivity index (χ3v) is 3.89. The van der Waals surface area contributed by atoms with Gasteiger partial charge in [-0.15, -0.1) is 0 Å². The molecule has 2 aromatic rings. The van der Waals surface area contributed by atoms with Crippen molar-refractivity contribution in [3.05, 3.63) is 77.0 Å². The van der Waals surface area contributed by atoms with Crippen LogP contribution in [0.2, 0.25) is 0 Å². The quantitative estimate of drug-likeness (QED) is 0.834. The molecule has 0 aromatic heterocycles. The van der Waals surface area contributed by atoms with Crippen molar-refractivity contribution in [2.75, 3.05) is 18.4 Å². The molecule has 0 aliphatic heterocycles. The highest BCUT2D eigenvalue weighted by Crippen LogP contribution is 2.24. The molecule has 0 amide bonds. The fourth-order valence-corrected chi connectivity index (χ4v) is 2.66. The molecule has 1 aliphatic carbocycles. The smallest absolute Gasteiger partial charge is 0.209 e. The van der Waals surface area contributed by atoms with Gasteiger partial charge in [-0.3, -0.25) is 9.59 Å². The number of carbonyl (C=O) groups excluding carboxylic acids is 2. The van der Waals surface area contributed by atoms with Crippen LogP contribution in [0.3, 0.4) is 0 Å². The molecule has 2 N–H and O–H groups in total.